The van der Waals surface area contributed by atoms with Gasteiger partial charge in [0, 0.05) is 23.4 Å². The Morgan fingerprint density at radius 2 is 1.74 bits per heavy atom. The van der Waals surface area contributed by atoms with Crippen LogP contribution in [-0.2, 0) is 4.79 Å². The monoisotopic (exact) mass is 563 g/mol. The molecule has 34 heavy (non-hydrogen) atoms. The molecular weight excluding hydrogens is 549 g/mol. The standard InChI is InChI=1S/C23H16BrCl2N3O5/c1-34-21-9-4-14(11-17(21)24)22(30)28-20(10-13-2-6-16(7-3-13)29(32)33)23(31)27-15-5-8-18(25)19(26)12-15/h2-12H,1H3,(H,27,31)(H,28,30). The van der Waals surface area contributed by atoms with E-state index in [1.807, 2.05) is 0 Å². The van der Waals surface area contributed by atoms with Gasteiger partial charge in [-0.05, 0) is 76.1 Å². The number of methoxy groups -OCH3 is 1. The van der Waals surface area contributed by atoms with Crippen LogP contribution in [0.2, 0.25) is 10.0 Å². The summed E-state index contributed by atoms with van der Waals surface area (Å²) in [5.74, 6) is -0.658. The van der Waals surface area contributed by atoms with Gasteiger partial charge in [0.1, 0.15) is 11.4 Å². The minimum absolute atomic E-state index is 0.100. The fourth-order valence-corrected chi connectivity index (χ4v) is 3.63. The Morgan fingerprint density at radius 1 is 1.03 bits per heavy atom. The number of benzene rings is 3. The molecule has 0 bridgehead atoms. The molecule has 2 amide bonds. The summed E-state index contributed by atoms with van der Waals surface area (Å²) in [6, 6.07) is 14.7. The summed E-state index contributed by atoms with van der Waals surface area (Å²) in [5, 5.41) is 16.7. The van der Waals surface area contributed by atoms with Crippen molar-refractivity contribution in [1.29, 1.82) is 0 Å². The Hall–Kier alpha value is -3.40. The molecule has 0 aliphatic heterocycles. The first kappa shape index (κ1) is 25.2. The Morgan fingerprint density at radius 3 is 2.32 bits per heavy atom. The number of hydrogen-bond acceptors (Lipinski definition) is 5. The number of nitro groups is 1. The van der Waals surface area contributed by atoms with Crippen molar-refractivity contribution in [2.24, 2.45) is 0 Å². The number of nitrogens with one attached hydrogen (secondary N) is 2. The van der Waals surface area contributed by atoms with Crippen LogP contribution in [0.4, 0.5) is 11.4 Å². The number of halogens is 3. The predicted molar refractivity (Wildman–Crippen MR) is 134 cm³/mol. The van der Waals surface area contributed by atoms with Crippen molar-refractivity contribution >= 4 is 68.4 Å². The van der Waals surface area contributed by atoms with E-state index in [2.05, 4.69) is 26.6 Å². The quantitative estimate of drug-likeness (QED) is 0.205. The van der Waals surface area contributed by atoms with E-state index < -0.39 is 16.7 Å². The van der Waals surface area contributed by atoms with E-state index in [9.17, 15) is 19.7 Å². The molecule has 3 aromatic carbocycles. The first-order chi connectivity index (χ1) is 16.2. The van der Waals surface area contributed by atoms with Crippen LogP contribution in [0.5, 0.6) is 5.75 Å². The van der Waals surface area contributed by atoms with Crippen LogP contribution < -0.4 is 15.4 Å². The number of carbonyl (C=O) groups excluding carboxylic acids is 2. The number of rotatable bonds is 7. The smallest absolute Gasteiger partial charge is 0.272 e. The van der Waals surface area contributed by atoms with Gasteiger partial charge >= 0.3 is 0 Å². The van der Waals surface area contributed by atoms with Crippen LogP contribution >= 0.6 is 39.1 Å². The molecule has 0 saturated carbocycles. The van der Waals surface area contributed by atoms with Gasteiger partial charge in [-0.15, -0.1) is 0 Å². The zero-order chi connectivity index (χ0) is 24.8. The summed E-state index contributed by atoms with van der Waals surface area (Å²) >= 11 is 15.3. The average molecular weight is 565 g/mol. The van der Waals surface area contributed by atoms with Gasteiger partial charge in [0.05, 0.1) is 26.6 Å². The van der Waals surface area contributed by atoms with E-state index in [0.717, 1.165) is 0 Å². The summed E-state index contributed by atoms with van der Waals surface area (Å²) in [4.78, 5) is 36.3. The van der Waals surface area contributed by atoms with Crippen molar-refractivity contribution in [3.8, 4) is 5.75 Å². The molecule has 0 fully saturated rings. The lowest BCUT2D eigenvalue weighted by Gasteiger charge is -2.12. The molecule has 0 aliphatic rings. The molecule has 0 unspecified atom stereocenters. The average Bonchev–Trinajstić information content (AvgIpc) is 2.81. The first-order valence-electron chi connectivity index (χ1n) is 9.55. The molecule has 0 heterocycles. The summed E-state index contributed by atoms with van der Waals surface area (Å²) in [6.07, 6.45) is 1.40. The third-order valence-corrected chi connectivity index (χ3v) is 5.86. The highest BCUT2D eigenvalue weighted by Crippen LogP contribution is 2.27. The highest BCUT2D eigenvalue weighted by Gasteiger charge is 2.17. The highest BCUT2D eigenvalue weighted by atomic mass is 79.9. The Balaban J connectivity index is 1.92. The van der Waals surface area contributed by atoms with Gasteiger partial charge < -0.3 is 15.4 Å². The molecule has 0 spiro atoms. The summed E-state index contributed by atoms with van der Waals surface area (Å²) in [5.41, 5.74) is 0.879. The minimum atomic E-state index is -0.641. The van der Waals surface area contributed by atoms with E-state index in [4.69, 9.17) is 27.9 Å². The zero-order valence-electron chi connectivity index (χ0n) is 17.5. The van der Waals surface area contributed by atoms with Crippen LogP contribution in [0.25, 0.3) is 6.08 Å². The Kier molecular flexibility index (Phi) is 8.27. The number of carbonyl (C=O) groups is 2. The molecule has 174 valence electrons. The second-order valence-electron chi connectivity index (χ2n) is 6.79. The van der Waals surface area contributed by atoms with Crippen molar-refractivity contribution in [2.75, 3.05) is 12.4 Å². The van der Waals surface area contributed by atoms with Gasteiger partial charge in [-0.25, -0.2) is 0 Å². The molecule has 3 aromatic rings. The SMILES string of the molecule is COc1ccc(C(=O)NC(=Cc2ccc([N+](=O)[O-])cc2)C(=O)Nc2ccc(Cl)c(Cl)c2)cc1Br. The molecule has 3 rings (SSSR count). The van der Waals surface area contributed by atoms with E-state index in [0.29, 0.717) is 26.5 Å². The summed E-state index contributed by atoms with van der Waals surface area (Å²) in [7, 11) is 1.50. The number of anilines is 1. The van der Waals surface area contributed by atoms with Crippen LogP contribution in [0.15, 0.2) is 70.8 Å². The maximum absolute atomic E-state index is 13.0. The normalized spacial score (nSPS) is 11.0. The number of ether oxygens (including phenoxy) is 1. The number of non-ortho nitro benzene ring substituents is 1. The Bertz CT molecular complexity index is 1300. The van der Waals surface area contributed by atoms with E-state index >= 15 is 0 Å². The molecule has 0 radical (unpaired) electrons. The van der Waals surface area contributed by atoms with E-state index in [-0.39, 0.29) is 22.0 Å². The molecular formula is C23H16BrCl2N3O5. The van der Waals surface area contributed by atoms with Crippen LogP contribution in [0.3, 0.4) is 0 Å². The molecule has 0 aliphatic carbocycles. The molecule has 0 saturated heterocycles. The van der Waals surface area contributed by atoms with Crippen molar-refractivity contribution in [3.05, 3.63) is 102 Å². The lowest BCUT2D eigenvalue weighted by molar-refractivity contribution is -0.384. The second-order valence-corrected chi connectivity index (χ2v) is 8.46. The van der Waals surface area contributed by atoms with Gasteiger partial charge in [0.15, 0.2) is 0 Å². The topological polar surface area (TPSA) is 111 Å². The lowest BCUT2D eigenvalue weighted by Crippen LogP contribution is -2.30. The number of amides is 2. The fourth-order valence-electron chi connectivity index (χ4n) is 2.79. The lowest BCUT2D eigenvalue weighted by atomic mass is 10.1. The van der Waals surface area contributed by atoms with Crippen molar-refractivity contribution in [1.82, 2.24) is 5.32 Å². The van der Waals surface area contributed by atoms with E-state index in [1.165, 1.54) is 49.6 Å². The fraction of sp³-hybridized carbons (Fsp3) is 0.0435. The number of nitro benzene ring substituents is 1. The van der Waals surface area contributed by atoms with Gasteiger partial charge in [-0.1, -0.05) is 23.2 Å². The molecule has 0 atom stereocenters. The molecule has 8 nitrogen and oxygen atoms in total. The molecule has 2 N–H and O–H groups in total. The van der Waals surface area contributed by atoms with Gasteiger partial charge in [0.25, 0.3) is 17.5 Å². The maximum Gasteiger partial charge on any atom is 0.272 e. The largest absolute Gasteiger partial charge is 0.496 e. The van der Waals surface area contributed by atoms with Crippen molar-refractivity contribution in [3.63, 3.8) is 0 Å². The third-order valence-electron chi connectivity index (χ3n) is 4.50. The third kappa shape index (κ3) is 6.34. The predicted octanol–water partition coefficient (Wildman–Crippen LogP) is 6.08. The van der Waals surface area contributed by atoms with Crippen LogP contribution in [-0.4, -0.2) is 23.8 Å². The van der Waals surface area contributed by atoms with Crippen molar-refractivity contribution in [2.45, 2.75) is 0 Å². The zero-order valence-corrected chi connectivity index (χ0v) is 20.6. The van der Waals surface area contributed by atoms with Gasteiger partial charge in [-0.2, -0.15) is 0 Å². The minimum Gasteiger partial charge on any atom is -0.496 e. The van der Waals surface area contributed by atoms with Crippen LogP contribution in [0.1, 0.15) is 15.9 Å². The van der Waals surface area contributed by atoms with Crippen molar-refractivity contribution < 1.29 is 19.2 Å². The summed E-state index contributed by atoms with van der Waals surface area (Å²) < 4.78 is 5.73. The second kappa shape index (κ2) is 11.1. The van der Waals surface area contributed by atoms with E-state index in [1.54, 1.807) is 24.3 Å². The summed E-state index contributed by atoms with van der Waals surface area (Å²) in [6.45, 7) is 0. The molecule has 0 aromatic heterocycles. The van der Waals surface area contributed by atoms with Gasteiger partial charge in [0.2, 0.25) is 0 Å². The Labute approximate surface area is 212 Å². The number of nitrogens with zero attached hydrogens (tertiary/aromatic N) is 1. The number of hydrogen-bond donors (Lipinski definition) is 2. The molecule has 11 heteroatoms. The highest BCUT2D eigenvalue weighted by molar-refractivity contribution is 9.10. The first-order valence-corrected chi connectivity index (χ1v) is 11.1. The van der Waals surface area contributed by atoms with Gasteiger partial charge in [-0.3, -0.25) is 19.7 Å². The maximum atomic E-state index is 13.0. The van der Waals surface area contributed by atoms with Crippen LogP contribution in [0, 0.1) is 10.1 Å².